The Labute approximate surface area is 170 Å². The molecule has 0 unspecified atom stereocenters. The first kappa shape index (κ1) is 19.1. The highest BCUT2D eigenvalue weighted by Gasteiger charge is 2.17. The van der Waals surface area contributed by atoms with Crippen molar-refractivity contribution >= 4 is 50.2 Å². The monoisotopic (exact) mass is 417 g/mol. The Hall–Kier alpha value is -2.26. The molecular weight excluding hydrogens is 397 g/mol. The molecular formula is C19H20FN5OS2. The van der Waals surface area contributed by atoms with Gasteiger partial charge in [-0.25, -0.2) is 14.4 Å². The van der Waals surface area contributed by atoms with E-state index in [0.29, 0.717) is 11.3 Å². The molecule has 6 nitrogen and oxygen atoms in total. The molecule has 0 radical (unpaired) electrons. The number of nitrogens with zero attached hydrogens (tertiary/aromatic N) is 4. The fraction of sp³-hybridized carbons (Fsp3) is 0.368. The van der Waals surface area contributed by atoms with Crippen LogP contribution in [0.2, 0.25) is 0 Å². The minimum absolute atomic E-state index is 0.166. The highest BCUT2D eigenvalue weighted by Crippen LogP contribution is 2.34. The predicted octanol–water partition coefficient (Wildman–Crippen LogP) is 4.34. The van der Waals surface area contributed by atoms with Gasteiger partial charge in [-0.05, 0) is 37.1 Å². The fourth-order valence-electron chi connectivity index (χ4n) is 3.09. The van der Waals surface area contributed by atoms with Gasteiger partial charge in [0.05, 0.1) is 5.75 Å². The number of halogens is 1. The molecule has 3 aromatic rings. The van der Waals surface area contributed by atoms with Crippen molar-refractivity contribution in [1.82, 2.24) is 15.0 Å². The molecule has 0 spiro atoms. The minimum Gasteiger partial charge on any atom is -0.348 e. The third kappa shape index (κ3) is 4.59. The van der Waals surface area contributed by atoms with Crippen molar-refractivity contribution in [3.63, 3.8) is 0 Å². The Morgan fingerprint density at radius 1 is 1.14 bits per heavy atom. The van der Waals surface area contributed by atoms with Gasteiger partial charge in [-0.1, -0.05) is 35.9 Å². The molecule has 1 aliphatic heterocycles. The average Bonchev–Trinajstić information content (AvgIpc) is 2.95. The van der Waals surface area contributed by atoms with Crippen LogP contribution in [-0.2, 0) is 4.79 Å². The smallest absolute Gasteiger partial charge is 0.234 e. The van der Waals surface area contributed by atoms with Crippen LogP contribution in [0.1, 0.15) is 25.7 Å². The molecule has 9 heteroatoms. The number of thioether (sulfide) groups is 1. The van der Waals surface area contributed by atoms with E-state index in [1.165, 1.54) is 68.0 Å². The van der Waals surface area contributed by atoms with Crippen LogP contribution in [0, 0.1) is 5.82 Å². The van der Waals surface area contributed by atoms with Crippen LogP contribution in [-0.4, -0.2) is 39.7 Å². The molecule has 0 saturated carbocycles. The summed E-state index contributed by atoms with van der Waals surface area (Å²) in [6, 6.07) is 5.71. The molecule has 3 heterocycles. The van der Waals surface area contributed by atoms with E-state index in [9.17, 15) is 9.18 Å². The molecule has 4 rings (SSSR count). The molecule has 1 aliphatic rings. The summed E-state index contributed by atoms with van der Waals surface area (Å²) in [7, 11) is 0. The van der Waals surface area contributed by atoms with E-state index in [2.05, 4.69) is 25.2 Å². The van der Waals surface area contributed by atoms with Gasteiger partial charge in [-0.2, -0.15) is 4.98 Å². The molecule has 2 aromatic heterocycles. The normalized spacial score (nSPS) is 14.8. The number of amides is 1. The standard InChI is InChI=1S/C19H20FN5OS2/c20-13-5-7-14(8-6-13)23-15(26)11-27-18-16-17(21-12-22-18)24-19(28-16)25-9-3-1-2-4-10-25/h5-8,12H,1-4,9-11H2,(H,23,26). The summed E-state index contributed by atoms with van der Waals surface area (Å²) in [5, 5.41) is 4.50. The van der Waals surface area contributed by atoms with Crippen LogP contribution in [0.4, 0.5) is 15.2 Å². The number of thiazole rings is 1. The summed E-state index contributed by atoms with van der Waals surface area (Å²) in [6.07, 6.45) is 6.41. The number of aromatic nitrogens is 3. The number of rotatable bonds is 5. The first-order chi connectivity index (χ1) is 13.7. The topological polar surface area (TPSA) is 71.0 Å². The predicted molar refractivity (Wildman–Crippen MR) is 112 cm³/mol. The molecule has 1 N–H and O–H groups in total. The second-order valence-corrected chi connectivity index (χ2v) is 8.51. The van der Waals surface area contributed by atoms with E-state index >= 15 is 0 Å². The summed E-state index contributed by atoms with van der Waals surface area (Å²) in [4.78, 5) is 27.9. The van der Waals surface area contributed by atoms with Gasteiger partial charge in [-0.15, -0.1) is 0 Å². The molecule has 146 valence electrons. The summed E-state index contributed by atoms with van der Waals surface area (Å²) >= 11 is 2.95. The van der Waals surface area contributed by atoms with Crippen LogP contribution in [0.25, 0.3) is 10.3 Å². The van der Waals surface area contributed by atoms with Crippen molar-refractivity contribution in [2.45, 2.75) is 30.7 Å². The summed E-state index contributed by atoms with van der Waals surface area (Å²) in [5.41, 5.74) is 1.25. The van der Waals surface area contributed by atoms with E-state index in [1.54, 1.807) is 11.3 Å². The maximum Gasteiger partial charge on any atom is 0.234 e. The van der Waals surface area contributed by atoms with Gasteiger partial charge in [0.25, 0.3) is 0 Å². The first-order valence-corrected chi connectivity index (χ1v) is 11.0. The Balaban J connectivity index is 1.44. The van der Waals surface area contributed by atoms with Crippen LogP contribution in [0.5, 0.6) is 0 Å². The van der Waals surface area contributed by atoms with Gasteiger partial charge in [0.1, 0.15) is 21.9 Å². The highest BCUT2D eigenvalue weighted by atomic mass is 32.2. The quantitative estimate of drug-likeness (QED) is 0.492. The van der Waals surface area contributed by atoms with Gasteiger partial charge in [0, 0.05) is 18.8 Å². The number of carbonyl (C=O) groups excluding carboxylic acids is 1. The minimum atomic E-state index is -0.332. The molecule has 1 fully saturated rings. The lowest BCUT2D eigenvalue weighted by atomic mass is 10.2. The number of hydrogen-bond donors (Lipinski definition) is 1. The van der Waals surface area contributed by atoms with Gasteiger partial charge in [-0.3, -0.25) is 4.79 Å². The molecule has 28 heavy (non-hydrogen) atoms. The lowest BCUT2D eigenvalue weighted by molar-refractivity contribution is -0.113. The van der Waals surface area contributed by atoms with E-state index in [4.69, 9.17) is 0 Å². The SMILES string of the molecule is O=C(CSc1ncnc2nc(N3CCCCCC3)sc12)Nc1ccc(F)cc1. The lowest BCUT2D eigenvalue weighted by Gasteiger charge is -2.18. The summed E-state index contributed by atoms with van der Waals surface area (Å²) in [6.45, 7) is 2.05. The number of hydrogen-bond acceptors (Lipinski definition) is 7. The molecule has 0 atom stereocenters. The molecule has 1 amide bonds. The first-order valence-electron chi connectivity index (χ1n) is 9.24. The molecule has 0 bridgehead atoms. The molecule has 1 saturated heterocycles. The summed E-state index contributed by atoms with van der Waals surface area (Å²) < 4.78 is 13.9. The Morgan fingerprint density at radius 3 is 2.64 bits per heavy atom. The number of anilines is 2. The zero-order chi connectivity index (χ0) is 19.3. The van der Waals surface area contributed by atoms with Crippen LogP contribution in [0.15, 0.2) is 35.6 Å². The van der Waals surface area contributed by atoms with Crippen LogP contribution in [0.3, 0.4) is 0 Å². The Kier molecular flexibility index (Phi) is 6.01. The second kappa shape index (κ2) is 8.83. The fourth-order valence-corrected chi connectivity index (χ4v) is 5.03. The average molecular weight is 418 g/mol. The van der Waals surface area contributed by atoms with E-state index in [1.807, 2.05) is 0 Å². The third-order valence-electron chi connectivity index (χ3n) is 4.49. The van der Waals surface area contributed by atoms with Crippen molar-refractivity contribution in [3.05, 3.63) is 36.4 Å². The number of nitrogens with one attached hydrogen (secondary N) is 1. The van der Waals surface area contributed by atoms with Crippen LogP contribution >= 0.6 is 23.1 Å². The zero-order valence-corrected chi connectivity index (χ0v) is 16.9. The maximum atomic E-state index is 13.0. The van der Waals surface area contributed by atoms with Gasteiger partial charge >= 0.3 is 0 Å². The summed E-state index contributed by atoms with van der Waals surface area (Å²) in [5.74, 6) is -0.290. The van der Waals surface area contributed by atoms with Gasteiger partial charge < -0.3 is 10.2 Å². The van der Waals surface area contributed by atoms with Crippen molar-refractivity contribution in [2.75, 3.05) is 29.1 Å². The largest absolute Gasteiger partial charge is 0.348 e. The maximum absolute atomic E-state index is 13.0. The van der Waals surface area contributed by atoms with Gasteiger partial charge in [0.15, 0.2) is 10.8 Å². The molecule has 0 aliphatic carbocycles. The van der Waals surface area contributed by atoms with Gasteiger partial charge in [0.2, 0.25) is 5.91 Å². The second-order valence-electron chi connectivity index (χ2n) is 6.57. The van der Waals surface area contributed by atoms with Crippen LogP contribution < -0.4 is 10.2 Å². The van der Waals surface area contributed by atoms with E-state index in [0.717, 1.165) is 27.9 Å². The van der Waals surface area contributed by atoms with E-state index in [-0.39, 0.29) is 17.5 Å². The van der Waals surface area contributed by atoms with Crippen molar-refractivity contribution in [1.29, 1.82) is 0 Å². The zero-order valence-electron chi connectivity index (χ0n) is 15.2. The number of benzene rings is 1. The molecule has 1 aromatic carbocycles. The third-order valence-corrected chi connectivity index (χ3v) is 6.72. The number of carbonyl (C=O) groups is 1. The van der Waals surface area contributed by atoms with Crippen molar-refractivity contribution < 1.29 is 9.18 Å². The highest BCUT2D eigenvalue weighted by molar-refractivity contribution is 8.00. The van der Waals surface area contributed by atoms with E-state index < -0.39 is 0 Å². The Bertz CT molecular complexity index is 955. The lowest BCUT2D eigenvalue weighted by Crippen LogP contribution is -2.23. The number of fused-ring (bicyclic) bond motifs is 1. The van der Waals surface area contributed by atoms with Crippen molar-refractivity contribution in [2.24, 2.45) is 0 Å². The van der Waals surface area contributed by atoms with Crippen molar-refractivity contribution in [3.8, 4) is 0 Å². The Morgan fingerprint density at radius 2 is 1.89 bits per heavy atom.